The third-order valence-corrected chi connectivity index (χ3v) is 4.90. The van der Waals surface area contributed by atoms with Crippen LogP contribution in [-0.2, 0) is 11.3 Å². The summed E-state index contributed by atoms with van der Waals surface area (Å²) in [4.78, 5) is 14.0. The number of benzene rings is 1. The highest BCUT2D eigenvalue weighted by atomic mass is 16.5. The Labute approximate surface area is 168 Å². The molecule has 28 heavy (non-hydrogen) atoms. The summed E-state index contributed by atoms with van der Waals surface area (Å²) in [6.07, 6.45) is 3.43. The lowest BCUT2D eigenvalue weighted by atomic mass is 9.98. The molecule has 7 heteroatoms. The van der Waals surface area contributed by atoms with Crippen molar-refractivity contribution in [2.75, 3.05) is 52.5 Å². The zero-order valence-electron chi connectivity index (χ0n) is 16.7. The van der Waals surface area contributed by atoms with Crippen molar-refractivity contribution in [3.05, 3.63) is 29.8 Å². The molecule has 1 amide bonds. The first-order valence-electron chi connectivity index (χ1n) is 10.3. The Hall–Kier alpha value is -1.67. The van der Waals surface area contributed by atoms with Crippen molar-refractivity contribution in [2.24, 2.45) is 5.92 Å². The molecule has 7 nitrogen and oxygen atoms in total. The molecule has 0 saturated carbocycles. The largest absolute Gasteiger partial charge is 0.494 e. The molecular formula is C21H35N3O4. The highest BCUT2D eigenvalue weighted by Crippen LogP contribution is 2.20. The lowest BCUT2D eigenvalue weighted by Gasteiger charge is -2.31. The fourth-order valence-corrected chi connectivity index (χ4v) is 3.42. The van der Waals surface area contributed by atoms with Crippen LogP contribution in [0.4, 0.5) is 0 Å². The molecule has 1 aromatic carbocycles. The van der Waals surface area contributed by atoms with Gasteiger partial charge in [0.15, 0.2) is 0 Å². The molecule has 1 saturated heterocycles. The van der Waals surface area contributed by atoms with Gasteiger partial charge in [0.2, 0.25) is 5.91 Å². The normalized spacial score (nSPS) is 17.4. The maximum absolute atomic E-state index is 11.6. The van der Waals surface area contributed by atoms with Gasteiger partial charge in [-0.25, -0.2) is 0 Å². The van der Waals surface area contributed by atoms with Gasteiger partial charge in [-0.3, -0.25) is 9.69 Å². The van der Waals surface area contributed by atoms with E-state index in [1.54, 1.807) is 0 Å². The number of carbonyl (C=O) groups is 1. The topological polar surface area (TPSA) is 94.1 Å². The van der Waals surface area contributed by atoms with Crippen LogP contribution in [0.1, 0.15) is 31.2 Å². The van der Waals surface area contributed by atoms with E-state index in [0.717, 1.165) is 44.6 Å². The summed E-state index contributed by atoms with van der Waals surface area (Å²) in [5, 5.41) is 23.9. The van der Waals surface area contributed by atoms with Gasteiger partial charge in [-0.2, -0.15) is 0 Å². The maximum Gasteiger partial charge on any atom is 0.221 e. The average molecular weight is 394 g/mol. The minimum absolute atomic E-state index is 0.00940. The molecule has 0 bridgehead atoms. The van der Waals surface area contributed by atoms with Gasteiger partial charge in [0.1, 0.15) is 5.75 Å². The number of nitrogens with one attached hydrogen (secondary N) is 2. The van der Waals surface area contributed by atoms with Crippen molar-refractivity contribution in [1.82, 2.24) is 15.5 Å². The molecule has 1 heterocycles. The van der Waals surface area contributed by atoms with Crippen LogP contribution in [0.5, 0.6) is 5.75 Å². The Morgan fingerprint density at radius 2 is 2.14 bits per heavy atom. The molecule has 1 aliphatic rings. The third kappa shape index (κ3) is 9.01. The number of ether oxygens (including phenoxy) is 1. The van der Waals surface area contributed by atoms with Crippen molar-refractivity contribution in [1.29, 1.82) is 0 Å². The number of hydrogen-bond donors (Lipinski definition) is 4. The average Bonchev–Trinajstić information content (AvgIpc) is 2.71. The van der Waals surface area contributed by atoms with Gasteiger partial charge in [-0.15, -0.1) is 0 Å². The van der Waals surface area contributed by atoms with Gasteiger partial charge in [-0.1, -0.05) is 12.1 Å². The van der Waals surface area contributed by atoms with E-state index in [2.05, 4.69) is 27.7 Å². The highest BCUT2D eigenvalue weighted by molar-refractivity contribution is 5.75. The molecule has 1 fully saturated rings. The third-order valence-electron chi connectivity index (χ3n) is 4.90. The fourth-order valence-electron chi connectivity index (χ4n) is 3.42. The molecule has 1 unspecified atom stereocenters. The number of amides is 1. The Morgan fingerprint density at radius 3 is 2.96 bits per heavy atom. The lowest BCUT2D eigenvalue weighted by Crippen LogP contribution is -2.36. The first-order valence-corrected chi connectivity index (χ1v) is 10.3. The van der Waals surface area contributed by atoms with E-state index in [1.807, 2.05) is 12.1 Å². The van der Waals surface area contributed by atoms with Crippen molar-refractivity contribution < 1.29 is 19.7 Å². The summed E-state index contributed by atoms with van der Waals surface area (Å²) in [5.41, 5.74) is 1.22. The summed E-state index contributed by atoms with van der Waals surface area (Å²) in [6, 6.07) is 8.16. The van der Waals surface area contributed by atoms with Gasteiger partial charge >= 0.3 is 0 Å². The summed E-state index contributed by atoms with van der Waals surface area (Å²) in [6.45, 7) is 5.52. The van der Waals surface area contributed by atoms with Crippen LogP contribution in [0.15, 0.2) is 24.3 Å². The standard InChI is InChI=1S/C21H35N3O4/c25-12-10-22-9-7-21(27)23-8-3-13-28-20-6-1-4-18(14-20)15-24-11-2-5-19(16-24)17-26/h1,4,6,14,19,22,25-26H,2-3,5,7-13,15-17H2,(H,23,27). The van der Waals surface area contributed by atoms with E-state index in [0.29, 0.717) is 38.6 Å². The number of aliphatic hydroxyl groups is 2. The van der Waals surface area contributed by atoms with Crippen molar-refractivity contribution in [2.45, 2.75) is 32.2 Å². The molecule has 1 atom stereocenters. The summed E-state index contributed by atoms with van der Waals surface area (Å²) in [5.74, 6) is 1.26. The Bertz CT molecular complexity index is 570. The number of hydrogen-bond acceptors (Lipinski definition) is 6. The van der Waals surface area contributed by atoms with E-state index < -0.39 is 0 Å². The van der Waals surface area contributed by atoms with Gasteiger partial charge < -0.3 is 25.6 Å². The second-order valence-electron chi connectivity index (χ2n) is 7.35. The van der Waals surface area contributed by atoms with Crippen LogP contribution in [0.25, 0.3) is 0 Å². The van der Waals surface area contributed by atoms with Gasteiger partial charge in [0.25, 0.3) is 0 Å². The van der Waals surface area contributed by atoms with Crippen molar-refractivity contribution in [3.8, 4) is 5.75 Å². The first kappa shape index (κ1) is 22.6. The van der Waals surface area contributed by atoms with Crippen LogP contribution in [0, 0.1) is 5.92 Å². The number of rotatable bonds is 13. The second kappa shape index (κ2) is 13.5. The van der Waals surface area contributed by atoms with Gasteiger partial charge in [-0.05, 0) is 49.4 Å². The number of aliphatic hydroxyl groups excluding tert-OH is 2. The molecule has 0 aliphatic carbocycles. The molecule has 158 valence electrons. The zero-order valence-corrected chi connectivity index (χ0v) is 16.7. The molecule has 2 rings (SSSR count). The zero-order chi connectivity index (χ0) is 20.0. The smallest absolute Gasteiger partial charge is 0.221 e. The van der Waals surface area contributed by atoms with Crippen molar-refractivity contribution in [3.63, 3.8) is 0 Å². The number of likely N-dealkylation sites (tertiary alicyclic amines) is 1. The molecule has 1 aromatic rings. The van der Waals surface area contributed by atoms with Gasteiger partial charge in [0, 0.05) is 45.8 Å². The van der Waals surface area contributed by atoms with Crippen LogP contribution < -0.4 is 15.4 Å². The summed E-state index contributed by atoms with van der Waals surface area (Å²) >= 11 is 0. The van der Waals surface area contributed by atoms with Crippen LogP contribution in [0.3, 0.4) is 0 Å². The van der Waals surface area contributed by atoms with E-state index in [9.17, 15) is 9.90 Å². The lowest BCUT2D eigenvalue weighted by molar-refractivity contribution is -0.121. The fraction of sp³-hybridized carbons (Fsp3) is 0.667. The first-order chi connectivity index (χ1) is 13.7. The quantitative estimate of drug-likeness (QED) is 0.370. The van der Waals surface area contributed by atoms with E-state index in [-0.39, 0.29) is 19.1 Å². The molecule has 0 aromatic heterocycles. The Morgan fingerprint density at radius 1 is 1.25 bits per heavy atom. The number of nitrogens with zero attached hydrogens (tertiary/aromatic N) is 1. The minimum Gasteiger partial charge on any atom is -0.494 e. The molecule has 0 radical (unpaired) electrons. The summed E-state index contributed by atoms with van der Waals surface area (Å²) in [7, 11) is 0. The Kier molecular flexibility index (Phi) is 10.9. The number of carbonyl (C=O) groups excluding carboxylic acids is 1. The maximum atomic E-state index is 11.6. The number of piperidine rings is 1. The molecular weight excluding hydrogens is 358 g/mol. The van der Waals surface area contributed by atoms with Crippen LogP contribution in [0.2, 0.25) is 0 Å². The predicted molar refractivity (Wildman–Crippen MR) is 109 cm³/mol. The van der Waals surface area contributed by atoms with Crippen LogP contribution >= 0.6 is 0 Å². The molecule has 4 N–H and O–H groups in total. The van der Waals surface area contributed by atoms with Gasteiger partial charge in [0.05, 0.1) is 13.2 Å². The van der Waals surface area contributed by atoms with E-state index >= 15 is 0 Å². The van der Waals surface area contributed by atoms with E-state index in [1.165, 1.54) is 5.56 Å². The molecule has 0 spiro atoms. The summed E-state index contributed by atoms with van der Waals surface area (Å²) < 4.78 is 5.82. The SMILES string of the molecule is O=C(CCNCCO)NCCCOc1cccc(CN2CCCC(CO)C2)c1. The predicted octanol–water partition coefficient (Wildman–Crippen LogP) is 0.748. The molecule has 1 aliphatic heterocycles. The van der Waals surface area contributed by atoms with Crippen LogP contribution in [-0.4, -0.2) is 73.6 Å². The highest BCUT2D eigenvalue weighted by Gasteiger charge is 2.19. The second-order valence-corrected chi connectivity index (χ2v) is 7.35. The Balaban J connectivity index is 1.61. The monoisotopic (exact) mass is 393 g/mol. The van der Waals surface area contributed by atoms with E-state index in [4.69, 9.17) is 9.84 Å². The van der Waals surface area contributed by atoms with Crippen molar-refractivity contribution >= 4 is 5.91 Å². The minimum atomic E-state index is 0.00940.